The van der Waals surface area contributed by atoms with E-state index in [0.29, 0.717) is 0 Å². The molecule has 0 unspecified atom stereocenters. The van der Waals surface area contributed by atoms with Crippen LogP contribution in [-0.4, -0.2) is 13.2 Å². The molecule has 0 amide bonds. The van der Waals surface area contributed by atoms with Crippen LogP contribution in [0.3, 0.4) is 0 Å². The van der Waals surface area contributed by atoms with Crippen LogP contribution >= 0.6 is 11.6 Å². The van der Waals surface area contributed by atoms with Crippen molar-refractivity contribution in [2.75, 3.05) is 13.2 Å². The summed E-state index contributed by atoms with van der Waals surface area (Å²) in [5.41, 5.74) is 1.35. The zero-order chi connectivity index (χ0) is 10.2. The van der Waals surface area contributed by atoms with E-state index in [4.69, 9.17) is 16.3 Å². The minimum absolute atomic E-state index is 0.808. The average molecular weight is 213 g/mol. The van der Waals surface area contributed by atoms with E-state index in [1.807, 2.05) is 19.1 Å². The Kier molecular flexibility index (Phi) is 5.65. The van der Waals surface area contributed by atoms with Crippen molar-refractivity contribution in [2.45, 2.75) is 26.2 Å². The molecule has 0 saturated heterocycles. The van der Waals surface area contributed by atoms with Gasteiger partial charge < -0.3 is 4.74 Å². The Bertz CT molecular complexity index is 243. The number of hydrogen-bond acceptors (Lipinski definition) is 1. The van der Waals surface area contributed by atoms with E-state index in [2.05, 4.69) is 12.1 Å². The summed E-state index contributed by atoms with van der Waals surface area (Å²) in [7, 11) is 0. The van der Waals surface area contributed by atoms with Crippen molar-refractivity contribution < 1.29 is 4.74 Å². The van der Waals surface area contributed by atoms with Crippen LogP contribution in [0.5, 0.6) is 0 Å². The summed E-state index contributed by atoms with van der Waals surface area (Å²) in [6.45, 7) is 3.73. The van der Waals surface area contributed by atoms with Gasteiger partial charge in [0.1, 0.15) is 0 Å². The van der Waals surface area contributed by atoms with Crippen molar-refractivity contribution in [3.05, 3.63) is 34.9 Å². The minimum Gasteiger partial charge on any atom is -0.382 e. The zero-order valence-corrected chi connectivity index (χ0v) is 9.39. The van der Waals surface area contributed by atoms with Crippen molar-refractivity contribution in [2.24, 2.45) is 0 Å². The summed E-state index contributed by atoms with van der Waals surface area (Å²) in [6.07, 6.45) is 3.43. The van der Waals surface area contributed by atoms with Crippen molar-refractivity contribution in [3.63, 3.8) is 0 Å². The fourth-order valence-electron chi connectivity index (χ4n) is 1.33. The third kappa shape index (κ3) is 4.64. The fraction of sp³-hybridized carbons (Fsp3) is 0.500. The molecule has 0 atom stereocenters. The van der Waals surface area contributed by atoms with Crippen LogP contribution in [-0.2, 0) is 11.2 Å². The first-order valence-corrected chi connectivity index (χ1v) is 5.53. The first-order valence-electron chi connectivity index (χ1n) is 5.15. The third-order valence-corrected chi connectivity index (χ3v) is 2.37. The molecule has 1 aromatic rings. The average Bonchev–Trinajstić information content (AvgIpc) is 2.21. The van der Waals surface area contributed by atoms with Gasteiger partial charge >= 0.3 is 0 Å². The fourth-order valence-corrected chi connectivity index (χ4v) is 1.45. The lowest BCUT2D eigenvalue weighted by Crippen LogP contribution is -1.94. The Morgan fingerprint density at radius 3 is 2.50 bits per heavy atom. The Balaban J connectivity index is 2.15. The lowest BCUT2D eigenvalue weighted by Gasteiger charge is -2.02. The lowest BCUT2D eigenvalue weighted by molar-refractivity contribution is 0.143. The number of rotatable bonds is 6. The Labute approximate surface area is 91.0 Å². The van der Waals surface area contributed by atoms with Gasteiger partial charge in [-0.2, -0.15) is 0 Å². The van der Waals surface area contributed by atoms with Crippen molar-refractivity contribution in [3.8, 4) is 0 Å². The Hall–Kier alpha value is -0.530. The van der Waals surface area contributed by atoms with Crippen molar-refractivity contribution >= 4 is 11.6 Å². The normalized spacial score (nSPS) is 10.4. The van der Waals surface area contributed by atoms with Gasteiger partial charge in [-0.1, -0.05) is 23.7 Å². The molecular formula is C12H17ClO. The summed E-state index contributed by atoms with van der Waals surface area (Å²) >= 11 is 5.79. The molecule has 0 aliphatic heterocycles. The maximum Gasteiger partial charge on any atom is 0.0466 e. The number of ether oxygens (including phenoxy) is 1. The van der Waals surface area contributed by atoms with Gasteiger partial charge in [-0.3, -0.25) is 0 Å². The van der Waals surface area contributed by atoms with E-state index in [9.17, 15) is 0 Å². The minimum atomic E-state index is 0.808. The first-order chi connectivity index (χ1) is 6.83. The number of hydrogen-bond donors (Lipinski definition) is 0. The van der Waals surface area contributed by atoms with E-state index in [1.165, 1.54) is 12.0 Å². The molecular weight excluding hydrogens is 196 g/mol. The van der Waals surface area contributed by atoms with E-state index >= 15 is 0 Å². The predicted molar refractivity (Wildman–Crippen MR) is 60.9 cm³/mol. The van der Waals surface area contributed by atoms with E-state index in [-0.39, 0.29) is 0 Å². The highest BCUT2D eigenvalue weighted by atomic mass is 35.5. The number of unbranched alkanes of at least 4 members (excludes halogenated alkanes) is 1. The van der Waals surface area contributed by atoms with Gasteiger partial charge in [0, 0.05) is 18.2 Å². The number of benzene rings is 1. The first kappa shape index (κ1) is 11.5. The second kappa shape index (κ2) is 6.86. The van der Waals surface area contributed by atoms with Crippen LogP contribution < -0.4 is 0 Å². The molecule has 0 saturated carbocycles. The highest BCUT2D eigenvalue weighted by molar-refractivity contribution is 6.30. The number of halogens is 1. The Morgan fingerprint density at radius 1 is 1.14 bits per heavy atom. The maximum atomic E-state index is 5.79. The molecule has 0 heterocycles. The van der Waals surface area contributed by atoms with Gasteiger partial charge in [-0.05, 0) is 43.9 Å². The number of aryl methyl sites for hydroxylation is 1. The molecule has 0 N–H and O–H groups in total. The van der Waals surface area contributed by atoms with Crippen molar-refractivity contribution in [1.29, 1.82) is 0 Å². The SMILES string of the molecule is CCOCCCCc1ccc(Cl)cc1. The van der Waals surface area contributed by atoms with Gasteiger partial charge in [-0.25, -0.2) is 0 Å². The molecule has 1 rings (SSSR count). The quantitative estimate of drug-likeness (QED) is 0.654. The molecule has 2 heteroatoms. The molecule has 0 aliphatic rings. The van der Waals surface area contributed by atoms with E-state index < -0.39 is 0 Å². The molecule has 0 fully saturated rings. The summed E-state index contributed by atoms with van der Waals surface area (Å²) in [5.74, 6) is 0. The molecule has 0 radical (unpaired) electrons. The molecule has 0 spiro atoms. The van der Waals surface area contributed by atoms with Gasteiger partial charge in [-0.15, -0.1) is 0 Å². The van der Waals surface area contributed by atoms with Gasteiger partial charge in [0.25, 0.3) is 0 Å². The molecule has 0 aromatic heterocycles. The molecule has 0 bridgehead atoms. The molecule has 1 nitrogen and oxygen atoms in total. The highest BCUT2D eigenvalue weighted by Crippen LogP contribution is 2.11. The van der Waals surface area contributed by atoms with Gasteiger partial charge in [0.2, 0.25) is 0 Å². The highest BCUT2D eigenvalue weighted by Gasteiger charge is 1.93. The second-order valence-electron chi connectivity index (χ2n) is 3.28. The van der Waals surface area contributed by atoms with Crippen LogP contribution in [0.4, 0.5) is 0 Å². The molecule has 1 aromatic carbocycles. The summed E-state index contributed by atoms with van der Waals surface area (Å²) in [4.78, 5) is 0. The monoisotopic (exact) mass is 212 g/mol. The summed E-state index contributed by atoms with van der Waals surface area (Å²) < 4.78 is 5.27. The molecule has 14 heavy (non-hydrogen) atoms. The van der Waals surface area contributed by atoms with Crippen LogP contribution in [0.1, 0.15) is 25.3 Å². The zero-order valence-electron chi connectivity index (χ0n) is 8.63. The largest absolute Gasteiger partial charge is 0.382 e. The summed E-state index contributed by atoms with van der Waals surface area (Å²) in [6, 6.07) is 8.06. The van der Waals surface area contributed by atoms with E-state index in [0.717, 1.165) is 31.1 Å². The van der Waals surface area contributed by atoms with Crippen LogP contribution in [0, 0.1) is 0 Å². The molecule has 78 valence electrons. The standard InChI is InChI=1S/C12H17ClO/c1-2-14-10-4-3-5-11-6-8-12(13)9-7-11/h6-9H,2-5,10H2,1H3. The molecule has 0 aliphatic carbocycles. The topological polar surface area (TPSA) is 9.23 Å². The van der Waals surface area contributed by atoms with Gasteiger partial charge in [0.15, 0.2) is 0 Å². The Morgan fingerprint density at radius 2 is 1.86 bits per heavy atom. The predicted octanol–water partition coefficient (Wildman–Crippen LogP) is 3.70. The maximum absolute atomic E-state index is 5.79. The lowest BCUT2D eigenvalue weighted by atomic mass is 10.1. The van der Waals surface area contributed by atoms with Crippen LogP contribution in [0.2, 0.25) is 5.02 Å². The van der Waals surface area contributed by atoms with Gasteiger partial charge in [0.05, 0.1) is 0 Å². The summed E-state index contributed by atoms with van der Waals surface area (Å²) in [5, 5.41) is 0.808. The van der Waals surface area contributed by atoms with Crippen LogP contribution in [0.25, 0.3) is 0 Å². The third-order valence-electron chi connectivity index (χ3n) is 2.12. The van der Waals surface area contributed by atoms with E-state index in [1.54, 1.807) is 0 Å². The smallest absolute Gasteiger partial charge is 0.0466 e. The van der Waals surface area contributed by atoms with Crippen molar-refractivity contribution in [1.82, 2.24) is 0 Å². The second-order valence-corrected chi connectivity index (χ2v) is 3.72. The van der Waals surface area contributed by atoms with Crippen LogP contribution in [0.15, 0.2) is 24.3 Å².